The van der Waals surface area contributed by atoms with Gasteiger partial charge in [0.15, 0.2) is 0 Å². The summed E-state index contributed by atoms with van der Waals surface area (Å²) in [6.45, 7) is 2.08. The maximum Gasteiger partial charge on any atom is 0.137 e. The Morgan fingerprint density at radius 3 is 2.65 bits per heavy atom. The zero-order valence-electron chi connectivity index (χ0n) is 9.63. The van der Waals surface area contributed by atoms with Crippen molar-refractivity contribution in [1.29, 1.82) is 0 Å². The number of thiophene rings is 1. The zero-order chi connectivity index (χ0) is 12.4. The lowest BCUT2D eigenvalue weighted by atomic mass is 9.99. The SMILES string of the molecule is CNC(c1ccsc1C)c1cccc(F)c1Br. The van der Waals surface area contributed by atoms with Crippen molar-refractivity contribution in [2.75, 3.05) is 7.05 Å². The van der Waals surface area contributed by atoms with Gasteiger partial charge in [0.1, 0.15) is 5.82 Å². The van der Waals surface area contributed by atoms with Crippen molar-refractivity contribution in [3.05, 3.63) is 55.9 Å². The van der Waals surface area contributed by atoms with Crippen molar-refractivity contribution in [3.8, 4) is 0 Å². The van der Waals surface area contributed by atoms with E-state index in [-0.39, 0.29) is 11.9 Å². The first kappa shape index (κ1) is 12.7. The Labute approximate surface area is 113 Å². The van der Waals surface area contributed by atoms with Crippen LogP contribution in [-0.2, 0) is 0 Å². The Morgan fingerprint density at radius 1 is 1.29 bits per heavy atom. The summed E-state index contributed by atoms with van der Waals surface area (Å²) in [7, 11) is 1.89. The van der Waals surface area contributed by atoms with Crippen LogP contribution < -0.4 is 5.32 Å². The van der Waals surface area contributed by atoms with Crippen molar-refractivity contribution < 1.29 is 4.39 Å². The summed E-state index contributed by atoms with van der Waals surface area (Å²) in [6.07, 6.45) is 0. The molecule has 0 bridgehead atoms. The Kier molecular flexibility index (Phi) is 3.97. The van der Waals surface area contributed by atoms with Gasteiger partial charge in [-0.05, 0) is 58.5 Å². The van der Waals surface area contributed by atoms with Crippen LogP contribution in [0.4, 0.5) is 4.39 Å². The number of hydrogen-bond acceptors (Lipinski definition) is 2. The lowest BCUT2D eigenvalue weighted by Crippen LogP contribution is -2.18. The minimum atomic E-state index is -0.226. The molecule has 0 fully saturated rings. The molecule has 2 rings (SSSR count). The molecule has 0 aliphatic rings. The Hall–Kier alpha value is -0.710. The second-order valence-electron chi connectivity index (χ2n) is 3.80. The molecule has 0 radical (unpaired) electrons. The van der Waals surface area contributed by atoms with Crippen molar-refractivity contribution in [2.45, 2.75) is 13.0 Å². The van der Waals surface area contributed by atoms with E-state index >= 15 is 0 Å². The molecule has 2 aromatic rings. The third-order valence-electron chi connectivity index (χ3n) is 2.79. The van der Waals surface area contributed by atoms with E-state index in [9.17, 15) is 4.39 Å². The maximum absolute atomic E-state index is 13.5. The molecular weight excluding hydrogens is 301 g/mol. The van der Waals surface area contributed by atoms with E-state index in [2.05, 4.69) is 39.6 Å². The van der Waals surface area contributed by atoms with Crippen LogP contribution in [-0.4, -0.2) is 7.05 Å². The van der Waals surface area contributed by atoms with E-state index in [4.69, 9.17) is 0 Å². The fourth-order valence-electron chi connectivity index (χ4n) is 1.92. The minimum absolute atomic E-state index is 0.0197. The molecule has 4 heteroatoms. The van der Waals surface area contributed by atoms with E-state index in [0.717, 1.165) is 5.56 Å². The van der Waals surface area contributed by atoms with Gasteiger partial charge in [0, 0.05) is 4.88 Å². The maximum atomic E-state index is 13.5. The smallest absolute Gasteiger partial charge is 0.137 e. The van der Waals surface area contributed by atoms with Gasteiger partial charge in [-0.1, -0.05) is 12.1 Å². The molecule has 0 amide bonds. The van der Waals surface area contributed by atoms with Crippen molar-refractivity contribution in [3.63, 3.8) is 0 Å². The van der Waals surface area contributed by atoms with Gasteiger partial charge >= 0.3 is 0 Å². The molecule has 1 N–H and O–H groups in total. The molecule has 0 spiro atoms. The molecule has 1 nitrogen and oxygen atoms in total. The van der Waals surface area contributed by atoms with Gasteiger partial charge in [0.2, 0.25) is 0 Å². The summed E-state index contributed by atoms with van der Waals surface area (Å²) in [6, 6.07) is 7.23. The third kappa shape index (κ3) is 2.44. The van der Waals surface area contributed by atoms with Crippen LogP contribution >= 0.6 is 27.3 Å². The highest BCUT2D eigenvalue weighted by molar-refractivity contribution is 9.10. The van der Waals surface area contributed by atoms with Crippen LogP contribution in [0.5, 0.6) is 0 Å². The van der Waals surface area contributed by atoms with Gasteiger partial charge < -0.3 is 5.32 Å². The topological polar surface area (TPSA) is 12.0 Å². The third-order valence-corrected chi connectivity index (χ3v) is 4.49. The van der Waals surface area contributed by atoms with Gasteiger partial charge in [-0.15, -0.1) is 11.3 Å². The van der Waals surface area contributed by atoms with E-state index < -0.39 is 0 Å². The van der Waals surface area contributed by atoms with Gasteiger partial charge in [-0.3, -0.25) is 0 Å². The van der Waals surface area contributed by atoms with Gasteiger partial charge in [-0.25, -0.2) is 4.39 Å². The van der Waals surface area contributed by atoms with E-state index in [1.54, 1.807) is 17.4 Å². The fraction of sp³-hybridized carbons (Fsp3) is 0.231. The predicted octanol–water partition coefficient (Wildman–Crippen LogP) is 4.27. The zero-order valence-corrected chi connectivity index (χ0v) is 12.0. The highest BCUT2D eigenvalue weighted by Crippen LogP contribution is 2.33. The summed E-state index contributed by atoms with van der Waals surface area (Å²) in [5.74, 6) is -0.226. The molecule has 1 unspecified atom stereocenters. The monoisotopic (exact) mass is 313 g/mol. The first-order chi connectivity index (χ1) is 8.15. The Bertz CT molecular complexity index is 524. The first-order valence-electron chi connectivity index (χ1n) is 5.30. The number of aryl methyl sites for hydroxylation is 1. The lowest BCUT2D eigenvalue weighted by Gasteiger charge is -2.18. The van der Waals surface area contributed by atoms with Crippen LogP contribution in [0.3, 0.4) is 0 Å². The predicted molar refractivity (Wildman–Crippen MR) is 74.1 cm³/mol. The number of rotatable bonds is 3. The van der Waals surface area contributed by atoms with E-state index in [1.165, 1.54) is 16.5 Å². The quantitative estimate of drug-likeness (QED) is 0.892. The average Bonchev–Trinajstić information content (AvgIpc) is 2.72. The minimum Gasteiger partial charge on any atom is -0.309 e. The normalized spacial score (nSPS) is 12.7. The number of halogens is 2. The Morgan fingerprint density at radius 2 is 2.06 bits per heavy atom. The molecule has 1 atom stereocenters. The van der Waals surface area contributed by atoms with Crippen molar-refractivity contribution >= 4 is 27.3 Å². The highest BCUT2D eigenvalue weighted by atomic mass is 79.9. The fourth-order valence-corrected chi connectivity index (χ4v) is 3.15. The van der Waals surface area contributed by atoms with Crippen molar-refractivity contribution in [2.24, 2.45) is 0 Å². The van der Waals surface area contributed by atoms with Crippen LogP contribution in [0.2, 0.25) is 0 Å². The molecule has 1 aromatic carbocycles. The van der Waals surface area contributed by atoms with Crippen LogP contribution in [0, 0.1) is 12.7 Å². The molecule has 0 aliphatic heterocycles. The average molecular weight is 314 g/mol. The van der Waals surface area contributed by atoms with E-state index in [1.807, 2.05) is 13.1 Å². The summed E-state index contributed by atoms with van der Waals surface area (Å²) >= 11 is 5.02. The molecule has 0 aliphatic carbocycles. The molecule has 90 valence electrons. The summed E-state index contributed by atoms with van der Waals surface area (Å²) in [5.41, 5.74) is 2.12. The number of hydrogen-bond donors (Lipinski definition) is 1. The molecule has 17 heavy (non-hydrogen) atoms. The molecule has 0 saturated heterocycles. The summed E-state index contributed by atoms with van der Waals surface area (Å²) in [4.78, 5) is 1.25. The first-order valence-corrected chi connectivity index (χ1v) is 6.97. The summed E-state index contributed by atoms with van der Waals surface area (Å²) in [5, 5.41) is 5.30. The highest BCUT2D eigenvalue weighted by Gasteiger charge is 2.18. The van der Waals surface area contributed by atoms with Gasteiger partial charge in [-0.2, -0.15) is 0 Å². The molecular formula is C13H13BrFNS. The molecule has 1 heterocycles. The molecule has 0 saturated carbocycles. The van der Waals surface area contributed by atoms with Crippen molar-refractivity contribution in [1.82, 2.24) is 5.32 Å². The second kappa shape index (κ2) is 5.29. The van der Waals surface area contributed by atoms with Crippen LogP contribution in [0.1, 0.15) is 22.0 Å². The standard InChI is InChI=1S/C13H13BrFNS/c1-8-9(6-7-17-8)13(16-2)10-4-3-5-11(15)12(10)14/h3-7,13,16H,1-2H3. The second-order valence-corrected chi connectivity index (χ2v) is 5.71. The van der Waals surface area contributed by atoms with Crippen LogP contribution in [0.25, 0.3) is 0 Å². The van der Waals surface area contributed by atoms with E-state index in [0.29, 0.717) is 4.47 Å². The van der Waals surface area contributed by atoms with Crippen LogP contribution in [0.15, 0.2) is 34.1 Å². The van der Waals surface area contributed by atoms with Gasteiger partial charge in [0.25, 0.3) is 0 Å². The summed E-state index contributed by atoms with van der Waals surface area (Å²) < 4.78 is 14.1. The largest absolute Gasteiger partial charge is 0.309 e. The number of benzene rings is 1. The van der Waals surface area contributed by atoms with Gasteiger partial charge in [0.05, 0.1) is 10.5 Å². The Balaban J connectivity index is 2.50. The molecule has 1 aromatic heterocycles. The number of nitrogens with one attached hydrogen (secondary N) is 1. The lowest BCUT2D eigenvalue weighted by molar-refractivity contribution is 0.608.